The number of anilines is 2. The maximum absolute atomic E-state index is 11.3. The van der Waals surface area contributed by atoms with Gasteiger partial charge in [0, 0.05) is 56.0 Å². The van der Waals surface area contributed by atoms with Gasteiger partial charge < -0.3 is 19.6 Å². The standard InChI is InChI=1S/C20H25N3O3/c1-2-4-19(20(24)25)26-18-6-3-5-17(15-18)23-13-11-22(12-14-23)16-7-9-21-10-8-16/h3,5-10,15,19H,2,4,11-14H2,1H3,(H,24,25). The molecule has 0 aliphatic carbocycles. The minimum atomic E-state index is -0.914. The molecule has 1 atom stereocenters. The van der Waals surface area contributed by atoms with Crippen LogP contribution in [0.25, 0.3) is 0 Å². The monoisotopic (exact) mass is 355 g/mol. The van der Waals surface area contributed by atoms with Crippen LogP contribution in [0.2, 0.25) is 0 Å². The van der Waals surface area contributed by atoms with Gasteiger partial charge in [-0.25, -0.2) is 4.79 Å². The number of ether oxygens (including phenoxy) is 1. The fourth-order valence-electron chi connectivity index (χ4n) is 3.19. The minimum Gasteiger partial charge on any atom is -0.479 e. The largest absolute Gasteiger partial charge is 0.479 e. The van der Waals surface area contributed by atoms with Crippen LogP contribution in [0.5, 0.6) is 5.75 Å². The van der Waals surface area contributed by atoms with Crippen molar-refractivity contribution < 1.29 is 14.6 Å². The van der Waals surface area contributed by atoms with E-state index in [1.807, 2.05) is 55.7 Å². The number of carboxylic acids is 1. The molecule has 1 aromatic carbocycles. The first-order valence-corrected chi connectivity index (χ1v) is 9.07. The van der Waals surface area contributed by atoms with E-state index in [9.17, 15) is 9.90 Å². The van der Waals surface area contributed by atoms with Gasteiger partial charge in [0.15, 0.2) is 6.10 Å². The zero-order valence-corrected chi connectivity index (χ0v) is 15.0. The SMILES string of the molecule is CCCC(Oc1cccc(N2CCN(c3ccncc3)CC2)c1)C(=O)O. The highest BCUT2D eigenvalue weighted by Crippen LogP contribution is 2.25. The molecule has 0 spiro atoms. The predicted octanol–water partition coefficient (Wildman–Crippen LogP) is 3.04. The Hall–Kier alpha value is -2.76. The topological polar surface area (TPSA) is 65.9 Å². The lowest BCUT2D eigenvalue weighted by Gasteiger charge is -2.37. The summed E-state index contributed by atoms with van der Waals surface area (Å²) >= 11 is 0. The molecular formula is C20H25N3O3. The summed E-state index contributed by atoms with van der Waals surface area (Å²) in [6.07, 6.45) is 4.12. The third-order valence-corrected chi connectivity index (χ3v) is 4.59. The maximum atomic E-state index is 11.3. The smallest absolute Gasteiger partial charge is 0.344 e. The number of benzene rings is 1. The maximum Gasteiger partial charge on any atom is 0.344 e. The fraction of sp³-hybridized carbons (Fsp3) is 0.400. The number of rotatable bonds is 7. The molecule has 3 rings (SSSR count). The van der Waals surface area contributed by atoms with Crippen molar-refractivity contribution in [2.24, 2.45) is 0 Å². The molecule has 0 amide bonds. The van der Waals surface area contributed by atoms with Crippen molar-refractivity contribution in [2.45, 2.75) is 25.9 Å². The molecule has 1 fully saturated rings. The summed E-state index contributed by atoms with van der Waals surface area (Å²) in [7, 11) is 0. The van der Waals surface area contributed by atoms with Gasteiger partial charge >= 0.3 is 5.97 Å². The van der Waals surface area contributed by atoms with E-state index in [-0.39, 0.29) is 0 Å². The molecule has 1 unspecified atom stereocenters. The average Bonchev–Trinajstić information content (AvgIpc) is 2.69. The van der Waals surface area contributed by atoms with Crippen LogP contribution in [0.15, 0.2) is 48.8 Å². The summed E-state index contributed by atoms with van der Waals surface area (Å²) in [4.78, 5) is 20.0. The molecule has 1 saturated heterocycles. The lowest BCUT2D eigenvalue weighted by molar-refractivity contribution is -0.145. The number of aliphatic carboxylic acids is 1. The molecule has 1 aromatic heterocycles. The van der Waals surface area contributed by atoms with Crippen LogP contribution in [0.4, 0.5) is 11.4 Å². The van der Waals surface area contributed by atoms with Gasteiger partial charge in [-0.15, -0.1) is 0 Å². The zero-order valence-electron chi connectivity index (χ0n) is 15.0. The molecular weight excluding hydrogens is 330 g/mol. The number of pyridine rings is 1. The molecule has 1 N–H and O–H groups in total. The molecule has 26 heavy (non-hydrogen) atoms. The average molecular weight is 355 g/mol. The highest BCUT2D eigenvalue weighted by Gasteiger charge is 2.20. The first kappa shape index (κ1) is 18.0. The Balaban J connectivity index is 1.63. The molecule has 0 bridgehead atoms. The number of hydrogen-bond donors (Lipinski definition) is 1. The molecule has 6 nitrogen and oxygen atoms in total. The first-order chi connectivity index (χ1) is 12.7. The summed E-state index contributed by atoms with van der Waals surface area (Å²) < 4.78 is 5.69. The van der Waals surface area contributed by atoms with E-state index < -0.39 is 12.1 Å². The van der Waals surface area contributed by atoms with Crippen LogP contribution < -0.4 is 14.5 Å². The van der Waals surface area contributed by atoms with Gasteiger partial charge in [-0.2, -0.15) is 0 Å². The predicted molar refractivity (Wildman–Crippen MR) is 102 cm³/mol. The van der Waals surface area contributed by atoms with Gasteiger partial charge in [-0.05, 0) is 30.7 Å². The Morgan fingerprint density at radius 3 is 2.38 bits per heavy atom. The number of hydrogen-bond acceptors (Lipinski definition) is 5. The van der Waals surface area contributed by atoms with E-state index in [1.165, 1.54) is 5.69 Å². The van der Waals surface area contributed by atoms with Crippen molar-refractivity contribution in [3.8, 4) is 5.75 Å². The molecule has 6 heteroatoms. The fourth-order valence-corrected chi connectivity index (χ4v) is 3.19. The van der Waals surface area contributed by atoms with E-state index in [4.69, 9.17) is 4.74 Å². The van der Waals surface area contributed by atoms with Gasteiger partial charge in [0.2, 0.25) is 0 Å². The molecule has 0 saturated carbocycles. The van der Waals surface area contributed by atoms with E-state index in [0.29, 0.717) is 12.2 Å². The van der Waals surface area contributed by atoms with E-state index >= 15 is 0 Å². The van der Waals surface area contributed by atoms with Crippen LogP contribution in [-0.4, -0.2) is 48.3 Å². The second-order valence-electron chi connectivity index (χ2n) is 6.41. The highest BCUT2D eigenvalue weighted by atomic mass is 16.5. The normalized spacial score (nSPS) is 15.6. The summed E-state index contributed by atoms with van der Waals surface area (Å²) in [6, 6.07) is 11.8. The zero-order chi connectivity index (χ0) is 18.4. The van der Waals surface area contributed by atoms with Crippen molar-refractivity contribution in [1.82, 2.24) is 4.98 Å². The van der Waals surface area contributed by atoms with Crippen LogP contribution in [0.3, 0.4) is 0 Å². The summed E-state index contributed by atoms with van der Waals surface area (Å²) in [5, 5.41) is 9.28. The number of piperazine rings is 1. The van der Waals surface area contributed by atoms with Crippen molar-refractivity contribution in [3.05, 3.63) is 48.8 Å². The lowest BCUT2D eigenvalue weighted by Crippen LogP contribution is -2.46. The Morgan fingerprint density at radius 1 is 1.12 bits per heavy atom. The second-order valence-corrected chi connectivity index (χ2v) is 6.41. The van der Waals surface area contributed by atoms with Crippen molar-refractivity contribution in [3.63, 3.8) is 0 Å². The Kier molecular flexibility index (Phi) is 5.94. The van der Waals surface area contributed by atoms with E-state index in [0.717, 1.165) is 38.3 Å². The second kappa shape index (κ2) is 8.56. The molecule has 1 aliphatic rings. The van der Waals surface area contributed by atoms with Crippen LogP contribution >= 0.6 is 0 Å². The minimum absolute atomic E-state index is 0.504. The van der Waals surface area contributed by atoms with Crippen molar-refractivity contribution in [2.75, 3.05) is 36.0 Å². The molecule has 2 heterocycles. The summed E-state index contributed by atoms with van der Waals surface area (Å²) in [5.74, 6) is -0.303. The highest BCUT2D eigenvalue weighted by molar-refractivity contribution is 5.72. The van der Waals surface area contributed by atoms with Crippen LogP contribution in [0.1, 0.15) is 19.8 Å². The van der Waals surface area contributed by atoms with Crippen molar-refractivity contribution in [1.29, 1.82) is 0 Å². The molecule has 0 radical (unpaired) electrons. The van der Waals surface area contributed by atoms with Crippen LogP contribution in [-0.2, 0) is 4.79 Å². The van der Waals surface area contributed by atoms with Gasteiger partial charge in [0.25, 0.3) is 0 Å². The molecule has 138 valence electrons. The van der Waals surface area contributed by atoms with E-state index in [1.54, 1.807) is 0 Å². The van der Waals surface area contributed by atoms with E-state index in [2.05, 4.69) is 14.8 Å². The number of aromatic nitrogens is 1. The van der Waals surface area contributed by atoms with Gasteiger partial charge in [0.1, 0.15) is 5.75 Å². The van der Waals surface area contributed by atoms with Gasteiger partial charge in [-0.1, -0.05) is 19.4 Å². The molecule has 2 aromatic rings. The molecule has 1 aliphatic heterocycles. The van der Waals surface area contributed by atoms with Gasteiger partial charge in [-0.3, -0.25) is 4.98 Å². The summed E-state index contributed by atoms with van der Waals surface area (Å²) in [6.45, 7) is 5.63. The quantitative estimate of drug-likeness (QED) is 0.823. The van der Waals surface area contributed by atoms with Gasteiger partial charge in [0.05, 0.1) is 0 Å². The Bertz CT molecular complexity index is 715. The van der Waals surface area contributed by atoms with Crippen molar-refractivity contribution >= 4 is 17.3 Å². The number of nitrogens with zero attached hydrogens (tertiary/aromatic N) is 3. The summed E-state index contributed by atoms with van der Waals surface area (Å²) in [5.41, 5.74) is 2.26. The number of carbonyl (C=O) groups is 1. The Morgan fingerprint density at radius 2 is 1.77 bits per heavy atom. The third-order valence-electron chi connectivity index (χ3n) is 4.59. The lowest BCUT2D eigenvalue weighted by atomic mass is 10.2. The van der Waals surface area contributed by atoms with Crippen LogP contribution in [0, 0.1) is 0 Å². The third kappa shape index (κ3) is 4.45. The Labute approximate surface area is 154 Å². The number of carboxylic acid groups (broad SMARTS) is 1. The first-order valence-electron chi connectivity index (χ1n) is 9.07.